The van der Waals surface area contributed by atoms with Crippen molar-refractivity contribution in [2.24, 2.45) is 0 Å². The van der Waals surface area contributed by atoms with E-state index in [0.29, 0.717) is 13.2 Å². The second kappa shape index (κ2) is 5.44. The van der Waals surface area contributed by atoms with Crippen molar-refractivity contribution in [1.82, 2.24) is 0 Å². The fourth-order valence-corrected chi connectivity index (χ4v) is 1.67. The maximum atomic E-state index is 11.5. The summed E-state index contributed by atoms with van der Waals surface area (Å²) in [5, 5.41) is 3.82. The lowest BCUT2D eigenvalue weighted by Crippen LogP contribution is -2.31. The SMILES string of the molecule is C=CCN(C(=O)OCC)c1ccsc1. The minimum atomic E-state index is -0.328. The molecule has 14 heavy (non-hydrogen) atoms. The summed E-state index contributed by atoms with van der Waals surface area (Å²) in [5.74, 6) is 0. The van der Waals surface area contributed by atoms with Gasteiger partial charge in [0, 0.05) is 11.9 Å². The average molecular weight is 211 g/mol. The molecule has 1 heterocycles. The first-order valence-electron chi connectivity index (χ1n) is 4.37. The molecule has 0 atom stereocenters. The van der Waals surface area contributed by atoms with Gasteiger partial charge in [0.25, 0.3) is 0 Å². The molecule has 0 saturated heterocycles. The van der Waals surface area contributed by atoms with Gasteiger partial charge in [0.15, 0.2) is 0 Å². The number of hydrogen-bond donors (Lipinski definition) is 0. The Morgan fingerprint density at radius 2 is 2.57 bits per heavy atom. The van der Waals surface area contributed by atoms with Gasteiger partial charge >= 0.3 is 6.09 Å². The van der Waals surface area contributed by atoms with Crippen LogP contribution < -0.4 is 4.90 Å². The van der Waals surface area contributed by atoms with Crippen LogP contribution in [0.15, 0.2) is 29.5 Å². The standard InChI is InChI=1S/C10H13NO2S/c1-3-6-11(10(12)13-4-2)9-5-7-14-8-9/h3,5,7-8H,1,4,6H2,2H3. The van der Waals surface area contributed by atoms with Crippen LogP contribution in [0, 0.1) is 0 Å². The van der Waals surface area contributed by atoms with Crippen LogP contribution in [0.1, 0.15) is 6.92 Å². The zero-order chi connectivity index (χ0) is 10.4. The summed E-state index contributed by atoms with van der Waals surface area (Å²) in [6.07, 6.45) is 1.35. The van der Waals surface area contributed by atoms with Crippen LogP contribution >= 0.6 is 11.3 Å². The molecule has 0 aliphatic heterocycles. The zero-order valence-electron chi connectivity index (χ0n) is 8.10. The van der Waals surface area contributed by atoms with E-state index in [2.05, 4.69) is 6.58 Å². The first-order valence-corrected chi connectivity index (χ1v) is 5.31. The van der Waals surface area contributed by atoms with Gasteiger partial charge in [0.2, 0.25) is 0 Å². The van der Waals surface area contributed by atoms with E-state index in [1.54, 1.807) is 29.2 Å². The molecule has 0 aliphatic carbocycles. The molecule has 0 aliphatic rings. The van der Waals surface area contributed by atoms with Crippen molar-refractivity contribution in [2.75, 3.05) is 18.1 Å². The van der Waals surface area contributed by atoms with Gasteiger partial charge < -0.3 is 4.74 Å². The lowest BCUT2D eigenvalue weighted by molar-refractivity contribution is 0.160. The van der Waals surface area contributed by atoms with E-state index in [4.69, 9.17) is 4.74 Å². The molecule has 1 rings (SSSR count). The zero-order valence-corrected chi connectivity index (χ0v) is 8.92. The monoisotopic (exact) mass is 211 g/mol. The van der Waals surface area contributed by atoms with Gasteiger partial charge in [0.05, 0.1) is 12.3 Å². The van der Waals surface area contributed by atoms with Crippen LogP contribution in [-0.4, -0.2) is 19.2 Å². The molecule has 0 spiro atoms. The number of anilines is 1. The summed E-state index contributed by atoms with van der Waals surface area (Å²) in [6, 6.07) is 1.88. The van der Waals surface area contributed by atoms with Crippen LogP contribution in [0.2, 0.25) is 0 Å². The highest BCUT2D eigenvalue weighted by Crippen LogP contribution is 2.18. The van der Waals surface area contributed by atoms with E-state index < -0.39 is 0 Å². The topological polar surface area (TPSA) is 29.5 Å². The Kier molecular flexibility index (Phi) is 4.19. The summed E-state index contributed by atoms with van der Waals surface area (Å²) in [6.45, 7) is 6.25. The molecule has 1 aromatic heterocycles. The lowest BCUT2D eigenvalue weighted by atomic mass is 10.4. The largest absolute Gasteiger partial charge is 0.449 e. The van der Waals surface area contributed by atoms with Crippen molar-refractivity contribution in [3.63, 3.8) is 0 Å². The van der Waals surface area contributed by atoms with E-state index in [-0.39, 0.29) is 6.09 Å². The highest BCUT2D eigenvalue weighted by molar-refractivity contribution is 7.08. The quantitative estimate of drug-likeness (QED) is 0.717. The molecule has 4 heteroatoms. The van der Waals surface area contributed by atoms with Crippen LogP contribution in [0.3, 0.4) is 0 Å². The summed E-state index contributed by atoms with van der Waals surface area (Å²) in [5.41, 5.74) is 0.855. The minimum Gasteiger partial charge on any atom is -0.449 e. The van der Waals surface area contributed by atoms with E-state index in [1.807, 2.05) is 16.8 Å². The number of amides is 1. The molecule has 3 nitrogen and oxygen atoms in total. The first kappa shape index (κ1) is 10.8. The predicted molar refractivity (Wildman–Crippen MR) is 58.9 cm³/mol. The van der Waals surface area contributed by atoms with Crippen LogP contribution in [-0.2, 0) is 4.74 Å². The Morgan fingerprint density at radius 1 is 1.79 bits per heavy atom. The van der Waals surface area contributed by atoms with Crippen LogP contribution in [0.25, 0.3) is 0 Å². The number of carbonyl (C=O) groups is 1. The molecular weight excluding hydrogens is 198 g/mol. The van der Waals surface area contributed by atoms with Crippen LogP contribution in [0.5, 0.6) is 0 Å². The van der Waals surface area contributed by atoms with E-state index in [9.17, 15) is 4.79 Å². The molecule has 1 amide bonds. The second-order valence-corrected chi connectivity index (χ2v) is 3.36. The number of ether oxygens (including phenoxy) is 1. The highest BCUT2D eigenvalue weighted by Gasteiger charge is 2.14. The fraction of sp³-hybridized carbons (Fsp3) is 0.300. The predicted octanol–water partition coefficient (Wildman–Crippen LogP) is 2.90. The lowest BCUT2D eigenvalue weighted by Gasteiger charge is -2.18. The molecule has 76 valence electrons. The van der Waals surface area contributed by atoms with E-state index in [1.165, 1.54) is 0 Å². The normalized spacial score (nSPS) is 9.50. The summed E-state index contributed by atoms with van der Waals surface area (Å²) >= 11 is 1.55. The van der Waals surface area contributed by atoms with Crippen LogP contribution in [0.4, 0.5) is 10.5 Å². The smallest absolute Gasteiger partial charge is 0.414 e. The van der Waals surface area contributed by atoms with Crippen molar-refractivity contribution < 1.29 is 9.53 Å². The molecule has 0 N–H and O–H groups in total. The number of thiophene rings is 1. The Balaban J connectivity index is 2.73. The summed E-state index contributed by atoms with van der Waals surface area (Å²) in [7, 11) is 0. The summed E-state index contributed by atoms with van der Waals surface area (Å²) < 4.78 is 4.92. The van der Waals surface area contributed by atoms with Gasteiger partial charge in [-0.15, -0.1) is 6.58 Å². The molecule has 0 aromatic carbocycles. The first-order chi connectivity index (χ1) is 6.79. The maximum Gasteiger partial charge on any atom is 0.414 e. The van der Waals surface area contributed by atoms with Gasteiger partial charge in [-0.25, -0.2) is 4.79 Å². The van der Waals surface area contributed by atoms with Gasteiger partial charge in [0.1, 0.15) is 0 Å². The van der Waals surface area contributed by atoms with Crippen molar-refractivity contribution in [3.8, 4) is 0 Å². The number of hydrogen-bond acceptors (Lipinski definition) is 3. The summed E-state index contributed by atoms with van der Waals surface area (Å²) in [4.78, 5) is 13.0. The maximum absolute atomic E-state index is 11.5. The van der Waals surface area contributed by atoms with E-state index in [0.717, 1.165) is 5.69 Å². The van der Waals surface area contributed by atoms with Crippen molar-refractivity contribution in [2.45, 2.75) is 6.92 Å². The third-order valence-electron chi connectivity index (χ3n) is 1.62. The second-order valence-electron chi connectivity index (χ2n) is 2.58. The van der Waals surface area contributed by atoms with Crippen molar-refractivity contribution in [3.05, 3.63) is 29.5 Å². The number of carbonyl (C=O) groups excluding carboxylic acids is 1. The third-order valence-corrected chi connectivity index (χ3v) is 2.29. The number of nitrogens with zero attached hydrogens (tertiary/aromatic N) is 1. The Bertz CT molecular complexity index is 295. The molecule has 0 saturated carbocycles. The fourth-order valence-electron chi connectivity index (χ4n) is 1.03. The molecule has 0 radical (unpaired) electrons. The molecule has 0 fully saturated rings. The molecule has 1 aromatic rings. The van der Waals surface area contributed by atoms with Crippen molar-refractivity contribution >= 4 is 23.1 Å². The van der Waals surface area contributed by atoms with Gasteiger partial charge in [-0.1, -0.05) is 6.08 Å². The molecule has 0 unspecified atom stereocenters. The number of rotatable bonds is 4. The molecular formula is C10H13NO2S. The Morgan fingerprint density at radius 3 is 3.07 bits per heavy atom. The third kappa shape index (κ3) is 2.60. The molecule has 0 bridgehead atoms. The van der Waals surface area contributed by atoms with Crippen molar-refractivity contribution in [1.29, 1.82) is 0 Å². The highest BCUT2D eigenvalue weighted by atomic mass is 32.1. The minimum absolute atomic E-state index is 0.328. The Labute approximate surface area is 87.6 Å². The van der Waals surface area contributed by atoms with Gasteiger partial charge in [-0.05, 0) is 18.4 Å². The van der Waals surface area contributed by atoms with E-state index >= 15 is 0 Å². The van der Waals surface area contributed by atoms with Gasteiger partial charge in [-0.3, -0.25) is 4.90 Å². The Hall–Kier alpha value is -1.29. The van der Waals surface area contributed by atoms with Gasteiger partial charge in [-0.2, -0.15) is 11.3 Å². The average Bonchev–Trinajstić information content (AvgIpc) is 2.67.